The first kappa shape index (κ1) is 17.3. The minimum Gasteiger partial charge on any atom is -0.455 e. The van der Waals surface area contributed by atoms with Crippen molar-refractivity contribution in [3.63, 3.8) is 0 Å². The summed E-state index contributed by atoms with van der Waals surface area (Å²) in [7, 11) is 1.57. The fraction of sp³-hybridized carbons (Fsp3) is 0.357. The summed E-state index contributed by atoms with van der Waals surface area (Å²) >= 11 is 7.07. The Morgan fingerprint density at radius 3 is 2.67 bits per heavy atom. The summed E-state index contributed by atoms with van der Waals surface area (Å²) in [4.78, 5) is 25.4. The van der Waals surface area contributed by atoms with Crippen LogP contribution in [0.4, 0.5) is 0 Å². The highest BCUT2D eigenvalue weighted by atomic mass is 35.5. The monoisotopic (exact) mass is 326 g/mol. The largest absolute Gasteiger partial charge is 0.455 e. The van der Waals surface area contributed by atoms with Gasteiger partial charge < -0.3 is 9.64 Å². The van der Waals surface area contributed by atoms with Crippen LogP contribution in [0.3, 0.4) is 0 Å². The normalized spacial score (nSPS) is 9.76. The van der Waals surface area contributed by atoms with Crippen molar-refractivity contribution in [1.82, 2.24) is 4.90 Å². The van der Waals surface area contributed by atoms with Gasteiger partial charge in [0.2, 0.25) is 0 Å². The third-order valence-corrected chi connectivity index (χ3v) is 3.75. The lowest BCUT2D eigenvalue weighted by atomic mass is 10.4. The van der Waals surface area contributed by atoms with Gasteiger partial charge in [0.05, 0.1) is 18.2 Å². The van der Waals surface area contributed by atoms with E-state index in [-0.39, 0.29) is 24.7 Å². The standard InChI is InChI=1S/C14H15ClN2O3S/c1-17(8-2-7-16)13(18)9-20-14(19)10-21-12-5-3-11(15)4-6-12/h3-6H,2,8-10H2,1H3. The quantitative estimate of drug-likeness (QED) is 0.568. The summed E-state index contributed by atoms with van der Waals surface area (Å²) in [5, 5.41) is 9.06. The second-order valence-corrected chi connectivity index (χ2v) is 5.61. The highest BCUT2D eigenvalue weighted by Crippen LogP contribution is 2.20. The van der Waals surface area contributed by atoms with E-state index < -0.39 is 5.97 Å². The summed E-state index contributed by atoms with van der Waals surface area (Å²) < 4.78 is 4.89. The highest BCUT2D eigenvalue weighted by Gasteiger charge is 2.12. The second kappa shape index (κ2) is 9.27. The third kappa shape index (κ3) is 7.02. The average Bonchev–Trinajstić information content (AvgIpc) is 2.49. The number of hydrogen-bond acceptors (Lipinski definition) is 5. The van der Waals surface area contributed by atoms with E-state index in [2.05, 4.69) is 0 Å². The van der Waals surface area contributed by atoms with Crippen LogP contribution >= 0.6 is 23.4 Å². The van der Waals surface area contributed by atoms with Gasteiger partial charge in [-0.1, -0.05) is 11.6 Å². The molecule has 0 aliphatic heterocycles. The number of nitriles is 1. The zero-order valence-corrected chi connectivity index (χ0v) is 13.1. The first-order valence-corrected chi connectivity index (χ1v) is 7.54. The number of benzene rings is 1. The molecule has 1 aromatic rings. The molecule has 0 aliphatic carbocycles. The van der Waals surface area contributed by atoms with Gasteiger partial charge in [-0.15, -0.1) is 11.8 Å². The van der Waals surface area contributed by atoms with Gasteiger partial charge in [-0.2, -0.15) is 5.26 Å². The molecule has 0 aromatic heterocycles. The van der Waals surface area contributed by atoms with Crippen molar-refractivity contribution in [2.45, 2.75) is 11.3 Å². The van der Waals surface area contributed by atoms with Crippen molar-refractivity contribution in [3.8, 4) is 6.07 Å². The Bertz CT molecular complexity index is 528. The first-order valence-electron chi connectivity index (χ1n) is 6.18. The molecule has 0 fully saturated rings. The van der Waals surface area contributed by atoms with Gasteiger partial charge in [-0.25, -0.2) is 0 Å². The molecule has 0 bridgehead atoms. The van der Waals surface area contributed by atoms with Crippen molar-refractivity contribution in [2.75, 3.05) is 26.0 Å². The molecule has 1 aromatic carbocycles. The van der Waals surface area contributed by atoms with Crippen LogP contribution in [0, 0.1) is 11.3 Å². The number of esters is 1. The fourth-order valence-corrected chi connectivity index (χ4v) is 2.13. The van der Waals surface area contributed by atoms with E-state index in [1.165, 1.54) is 16.7 Å². The van der Waals surface area contributed by atoms with Crippen LogP contribution < -0.4 is 0 Å². The lowest BCUT2D eigenvalue weighted by molar-refractivity contribution is -0.149. The number of likely N-dealkylation sites (N-methyl/N-ethyl adjacent to an activating group) is 1. The van der Waals surface area contributed by atoms with E-state index in [9.17, 15) is 9.59 Å². The predicted molar refractivity (Wildman–Crippen MR) is 81.0 cm³/mol. The average molecular weight is 327 g/mol. The zero-order chi connectivity index (χ0) is 15.7. The summed E-state index contributed by atoms with van der Waals surface area (Å²) in [5.41, 5.74) is 0. The van der Waals surface area contributed by atoms with E-state index >= 15 is 0 Å². The lowest BCUT2D eigenvalue weighted by Crippen LogP contribution is -2.32. The number of carbonyl (C=O) groups is 2. The Balaban J connectivity index is 2.26. The zero-order valence-electron chi connectivity index (χ0n) is 11.5. The molecule has 0 aliphatic rings. The molecule has 5 nitrogen and oxygen atoms in total. The Kier molecular flexibility index (Phi) is 7.65. The summed E-state index contributed by atoms with van der Waals surface area (Å²) in [6.07, 6.45) is 0.253. The van der Waals surface area contributed by atoms with Crippen molar-refractivity contribution in [2.24, 2.45) is 0 Å². The summed E-state index contributed by atoms with van der Waals surface area (Å²) in [6.45, 7) is 0.0222. The molecule has 1 rings (SSSR count). The van der Waals surface area contributed by atoms with Crippen molar-refractivity contribution >= 4 is 35.2 Å². The molecule has 0 atom stereocenters. The number of thioether (sulfide) groups is 1. The van der Waals surface area contributed by atoms with Crippen LogP contribution in [0.15, 0.2) is 29.2 Å². The Morgan fingerprint density at radius 2 is 2.05 bits per heavy atom. The molecule has 112 valence electrons. The first-order chi connectivity index (χ1) is 10.0. The van der Waals surface area contributed by atoms with Gasteiger partial charge in [0.1, 0.15) is 0 Å². The molecular weight excluding hydrogens is 312 g/mol. The van der Waals surface area contributed by atoms with E-state index in [1.54, 1.807) is 31.3 Å². The SMILES string of the molecule is CN(CCC#N)C(=O)COC(=O)CSc1ccc(Cl)cc1. The van der Waals surface area contributed by atoms with Gasteiger partial charge in [-0.05, 0) is 24.3 Å². The number of carbonyl (C=O) groups excluding carboxylic acids is 2. The number of nitrogens with zero attached hydrogens (tertiary/aromatic N) is 2. The number of rotatable bonds is 7. The molecule has 0 saturated carbocycles. The number of hydrogen-bond donors (Lipinski definition) is 0. The minimum atomic E-state index is -0.461. The molecule has 0 saturated heterocycles. The maximum Gasteiger partial charge on any atom is 0.316 e. The van der Waals surface area contributed by atoms with Gasteiger partial charge in [0.25, 0.3) is 5.91 Å². The van der Waals surface area contributed by atoms with Crippen LogP contribution in [0.2, 0.25) is 5.02 Å². The second-order valence-electron chi connectivity index (χ2n) is 4.13. The van der Waals surface area contributed by atoms with E-state index in [1.807, 2.05) is 6.07 Å². The molecule has 0 radical (unpaired) electrons. The van der Waals surface area contributed by atoms with Crippen LogP contribution in [-0.2, 0) is 14.3 Å². The lowest BCUT2D eigenvalue weighted by Gasteiger charge is -2.15. The minimum absolute atomic E-state index is 0.122. The molecule has 1 amide bonds. The molecular formula is C14H15ClN2O3S. The maximum absolute atomic E-state index is 11.6. The van der Waals surface area contributed by atoms with Crippen LogP contribution in [0.1, 0.15) is 6.42 Å². The maximum atomic E-state index is 11.6. The molecule has 0 unspecified atom stereocenters. The summed E-state index contributed by atoms with van der Waals surface area (Å²) in [5.74, 6) is -0.663. The van der Waals surface area contributed by atoms with Gasteiger partial charge in [0.15, 0.2) is 6.61 Å². The predicted octanol–water partition coefficient (Wildman–Crippen LogP) is 2.35. The number of halogens is 1. The fourth-order valence-electron chi connectivity index (χ4n) is 1.31. The molecule has 0 heterocycles. The van der Waals surface area contributed by atoms with Crippen molar-refractivity contribution in [1.29, 1.82) is 5.26 Å². The molecule has 0 spiro atoms. The smallest absolute Gasteiger partial charge is 0.316 e. The molecule has 21 heavy (non-hydrogen) atoms. The third-order valence-electron chi connectivity index (χ3n) is 2.51. The number of ether oxygens (including phenoxy) is 1. The van der Waals surface area contributed by atoms with Gasteiger partial charge >= 0.3 is 5.97 Å². The van der Waals surface area contributed by atoms with Crippen LogP contribution in [0.25, 0.3) is 0 Å². The van der Waals surface area contributed by atoms with Gasteiger partial charge in [-0.3, -0.25) is 9.59 Å². The van der Waals surface area contributed by atoms with E-state index in [0.29, 0.717) is 11.6 Å². The van der Waals surface area contributed by atoms with Crippen molar-refractivity contribution in [3.05, 3.63) is 29.3 Å². The van der Waals surface area contributed by atoms with Crippen LogP contribution in [0.5, 0.6) is 0 Å². The topological polar surface area (TPSA) is 70.4 Å². The van der Waals surface area contributed by atoms with E-state index in [0.717, 1.165) is 4.90 Å². The highest BCUT2D eigenvalue weighted by molar-refractivity contribution is 8.00. The van der Waals surface area contributed by atoms with Crippen LogP contribution in [-0.4, -0.2) is 42.7 Å². The number of amides is 1. The summed E-state index contributed by atoms with van der Waals surface area (Å²) in [6, 6.07) is 9.04. The van der Waals surface area contributed by atoms with Gasteiger partial charge in [0, 0.05) is 23.5 Å². The molecule has 0 N–H and O–H groups in total. The molecule has 7 heteroatoms. The Hall–Kier alpha value is -1.71. The Labute approximate surface area is 132 Å². The van der Waals surface area contributed by atoms with E-state index in [4.69, 9.17) is 21.6 Å². The van der Waals surface area contributed by atoms with Crippen molar-refractivity contribution < 1.29 is 14.3 Å². The Morgan fingerprint density at radius 1 is 1.38 bits per heavy atom.